The lowest BCUT2D eigenvalue weighted by molar-refractivity contribution is 0.302. The van der Waals surface area contributed by atoms with Crippen molar-refractivity contribution in [2.45, 2.75) is 20.1 Å². The standard InChI is InChI=1S/C14H15ClN2O/c1-10-5-14(12(7-16)8-17-10)18-9-11-3-2-4-13(15)6-11/h2-6,8H,7,9,16H2,1H3. The van der Waals surface area contributed by atoms with E-state index in [-0.39, 0.29) is 0 Å². The minimum atomic E-state index is 0.415. The number of benzene rings is 1. The predicted molar refractivity (Wildman–Crippen MR) is 72.6 cm³/mol. The van der Waals surface area contributed by atoms with Crippen molar-refractivity contribution in [2.75, 3.05) is 0 Å². The summed E-state index contributed by atoms with van der Waals surface area (Å²) in [4.78, 5) is 4.20. The van der Waals surface area contributed by atoms with Gasteiger partial charge < -0.3 is 10.5 Å². The summed E-state index contributed by atoms with van der Waals surface area (Å²) >= 11 is 5.92. The van der Waals surface area contributed by atoms with Gasteiger partial charge in [0.05, 0.1) is 0 Å². The van der Waals surface area contributed by atoms with Crippen LogP contribution >= 0.6 is 11.6 Å². The lowest BCUT2D eigenvalue weighted by Gasteiger charge is -2.11. The van der Waals surface area contributed by atoms with E-state index in [9.17, 15) is 0 Å². The van der Waals surface area contributed by atoms with E-state index in [1.165, 1.54) is 0 Å². The van der Waals surface area contributed by atoms with E-state index in [2.05, 4.69) is 4.98 Å². The summed E-state index contributed by atoms with van der Waals surface area (Å²) < 4.78 is 5.77. The molecule has 18 heavy (non-hydrogen) atoms. The Bertz CT molecular complexity index is 543. The number of pyridine rings is 1. The number of aryl methyl sites for hydroxylation is 1. The molecule has 94 valence electrons. The van der Waals surface area contributed by atoms with Gasteiger partial charge in [-0.3, -0.25) is 4.98 Å². The molecule has 0 aliphatic rings. The molecule has 0 saturated carbocycles. The van der Waals surface area contributed by atoms with Gasteiger partial charge in [0.2, 0.25) is 0 Å². The third-order valence-electron chi connectivity index (χ3n) is 2.58. The second kappa shape index (κ2) is 5.85. The van der Waals surface area contributed by atoms with Crippen LogP contribution in [0.3, 0.4) is 0 Å². The van der Waals surface area contributed by atoms with E-state index < -0.39 is 0 Å². The summed E-state index contributed by atoms with van der Waals surface area (Å²) in [6.07, 6.45) is 1.75. The molecule has 4 heteroatoms. The first-order valence-corrected chi connectivity index (χ1v) is 6.09. The largest absolute Gasteiger partial charge is 0.488 e. The summed E-state index contributed by atoms with van der Waals surface area (Å²) in [7, 11) is 0. The van der Waals surface area contributed by atoms with Gasteiger partial charge in [-0.15, -0.1) is 0 Å². The summed E-state index contributed by atoms with van der Waals surface area (Å²) in [5.41, 5.74) is 8.50. The highest BCUT2D eigenvalue weighted by atomic mass is 35.5. The Kier molecular flexibility index (Phi) is 4.18. The highest BCUT2D eigenvalue weighted by Crippen LogP contribution is 2.20. The van der Waals surface area contributed by atoms with Crippen LogP contribution in [0.15, 0.2) is 36.5 Å². The molecule has 0 aliphatic heterocycles. The summed E-state index contributed by atoms with van der Waals surface area (Å²) in [6.45, 7) is 2.81. The second-order valence-electron chi connectivity index (χ2n) is 4.06. The van der Waals surface area contributed by atoms with Crippen LogP contribution in [0.1, 0.15) is 16.8 Å². The minimum absolute atomic E-state index is 0.415. The van der Waals surface area contributed by atoms with Gasteiger partial charge in [-0.2, -0.15) is 0 Å². The topological polar surface area (TPSA) is 48.1 Å². The lowest BCUT2D eigenvalue weighted by Crippen LogP contribution is -2.04. The van der Waals surface area contributed by atoms with Crippen LogP contribution in [0, 0.1) is 6.92 Å². The Hall–Kier alpha value is -1.58. The molecule has 0 atom stereocenters. The van der Waals surface area contributed by atoms with Crippen molar-refractivity contribution in [2.24, 2.45) is 5.73 Å². The Morgan fingerprint density at radius 3 is 2.89 bits per heavy atom. The third-order valence-corrected chi connectivity index (χ3v) is 2.82. The first-order chi connectivity index (χ1) is 8.69. The monoisotopic (exact) mass is 262 g/mol. The molecule has 1 aromatic carbocycles. The SMILES string of the molecule is Cc1cc(OCc2cccc(Cl)c2)c(CN)cn1. The van der Waals surface area contributed by atoms with Crippen LogP contribution in [0.25, 0.3) is 0 Å². The van der Waals surface area contributed by atoms with Gasteiger partial charge in [0, 0.05) is 35.1 Å². The van der Waals surface area contributed by atoms with Gasteiger partial charge in [0.25, 0.3) is 0 Å². The molecular formula is C14H15ClN2O. The van der Waals surface area contributed by atoms with Crippen LogP contribution in [-0.4, -0.2) is 4.98 Å². The maximum Gasteiger partial charge on any atom is 0.127 e. The molecule has 0 amide bonds. The average Bonchev–Trinajstić information content (AvgIpc) is 2.37. The zero-order chi connectivity index (χ0) is 13.0. The highest BCUT2D eigenvalue weighted by molar-refractivity contribution is 6.30. The highest BCUT2D eigenvalue weighted by Gasteiger charge is 2.04. The number of halogens is 1. The third kappa shape index (κ3) is 3.22. The molecule has 0 spiro atoms. The normalized spacial score (nSPS) is 10.4. The molecule has 0 bridgehead atoms. The Morgan fingerprint density at radius 1 is 1.33 bits per heavy atom. The molecule has 2 N–H and O–H groups in total. The number of hydrogen-bond donors (Lipinski definition) is 1. The van der Waals surface area contributed by atoms with E-state index in [0.717, 1.165) is 22.6 Å². The quantitative estimate of drug-likeness (QED) is 0.921. The van der Waals surface area contributed by atoms with E-state index in [1.54, 1.807) is 6.20 Å². The summed E-state index contributed by atoms with van der Waals surface area (Å²) in [5, 5.41) is 0.709. The van der Waals surface area contributed by atoms with Crippen molar-refractivity contribution < 1.29 is 4.74 Å². The maximum absolute atomic E-state index is 5.92. The van der Waals surface area contributed by atoms with Crippen molar-refractivity contribution >= 4 is 11.6 Å². The molecule has 0 saturated heterocycles. The van der Waals surface area contributed by atoms with Crippen molar-refractivity contribution in [1.29, 1.82) is 0 Å². The molecule has 0 fully saturated rings. The molecule has 2 rings (SSSR count). The number of nitrogens with zero attached hydrogens (tertiary/aromatic N) is 1. The fraction of sp³-hybridized carbons (Fsp3) is 0.214. The minimum Gasteiger partial charge on any atom is -0.488 e. The number of nitrogens with two attached hydrogens (primary N) is 1. The smallest absolute Gasteiger partial charge is 0.127 e. The first kappa shape index (κ1) is 12.9. The number of ether oxygens (including phenoxy) is 1. The zero-order valence-corrected chi connectivity index (χ0v) is 10.9. The number of aromatic nitrogens is 1. The molecule has 1 heterocycles. The van der Waals surface area contributed by atoms with Gasteiger partial charge in [0.15, 0.2) is 0 Å². The van der Waals surface area contributed by atoms with Crippen molar-refractivity contribution in [3.05, 3.63) is 58.4 Å². The molecule has 0 unspecified atom stereocenters. The van der Waals surface area contributed by atoms with Crippen LogP contribution in [0.5, 0.6) is 5.75 Å². The molecule has 0 aliphatic carbocycles. The average molecular weight is 263 g/mol. The summed E-state index contributed by atoms with van der Waals surface area (Å²) in [5.74, 6) is 0.782. The molecular weight excluding hydrogens is 248 g/mol. The molecule has 2 aromatic rings. The van der Waals surface area contributed by atoms with Crippen molar-refractivity contribution in [1.82, 2.24) is 4.98 Å². The van der Waals surface area contributed by atoms with E-state index >= 15 is 0 Å². The van der Waals surface area contributed by atoms with Gasteiger partial charge in [0.1, 0.15) is 12.4 Å². The molecule has 1 aromatic heterocycles. The predicted octanol–water partition coefficient (Wildman–Crippen LogP) is 3.08. The van der Waals surface area contributed by atoms with Gasteiger partial charge >= 0.3 is 0 Å². The van der Waals surface area contributed by atoms with Gasteiger partial charge in [-0.25, -0.2) is 0 Å². The van der Waals surface area contributed by atoms with Crippen molar-refractivity contribution in [3.63, 3.8) is 0 Å². The second-order valence-corrected chi connectivity index (χ2v) is 4.49. The van der Waals surface area contributed by atoms with E-state index in [4.69, 9.17) is 22.1 Å². The van der Waals surface area contributed by atoms with Crippen LogP contribution in [-0.2, 0) is 13.2 Å². The maximum atomic E-state index is 5.92. The number of hydrogen-bond acceptors (Lipinski definition) is 3. The summed E-state index contributed by atoms with van der Waals surface area (Å²) in [6, 6.07) is 9.50. The van der Waals surface area contributed by atoms with Crippen LogP contribution < -0.4 is 10.5 Å². The van der Waals surface area contributed by atoms with E-state index in [1.807, 2.05) is 37.3 Å². The lowest BCUT2D eigenvalue weighted by atomic mass is 10.2. The van der Waals surface area contributed by atoms with E-state index in [0.29, 0.717) is 18.2 Å². The van der Waals surface area contributed by atoms with Crippen LogP contribution in [0.2, 0.25) is 5.02 Å². The molecule has 0 radical (unpaired) electrons. The Morgan fingerprint density at radius 2 is 2.17 bits per heavy atom. The fourth-order valence-electron chi connectivity index (χ4n) is 1.64. The molecule has 3 nitrogen and oxygen atoms in total. The number of rotatable bonds is 4. The fourth-order valence-corrected chi connectivity index (χ4v) is 1.85. The van der Waals surface area contributed by atoms with Crippen LogP contribution in [0.4, 0.5) is 0 Å². The Labute approximate surface area is 112 Å². The Balaban J connectivity index is 2.12. The van der Waals surface area contributed by atoms with Gasteiger partial charge in [-0.05, 0) is 24.6 Å². The van der Waals surface area contributed by atoms with Crippen molar-refractivity contribution in [3.8, 4) is 5.75 Å². The zero-order valence-electron chi connectivity index (χ0n) is 10.2. The van der Waals surface area contributed by atoms with Gasteiger partial charge in [-0.1, -0.05) is 23.7 Å². The first-order valence-electron chi connectivity index (χ1n) is 5.72.